The van der Waals surface area contributed by atoms with E-state index in [0.717, 1.165) is 51.4 Å². The molecule has 3 unspecified atom stereocenters. The van der Waals surface area contributed by atoms with Gasteiger partial charge in [0.25, 0.3) is 0 Å². The van der Waals surface area contributed by atoms with Gasteiger partial charge in [0.15, 0.2) is 0 Å². The number of nitrogens with one attached hydrogen (secondary N) is 1. The van der Waals surface area contributed by atoms with Gasteiger partial charge in [0.05, 0.1) is 39.9 Å². The van der Waals surface area contributed by atoms with Crippen LogP contribution >= 0.6 is 7.82 Å². The SMILES string of the molecule is CCCCCCC/C=C\C/C=C\C/C=C\CCCCCCCCCCCCCCCCCCCCC(=O)NC(COP(=O)(O)OCC[N+](C)(C)C)C(O)/C=C/CC/C=C/CCCCCCCCCCCCCCCCCCCCCCCCCCC. The average molecular weight is 1230 g/mol. The number of quaternary nitrogens is 1. The van der Waals surface area contributed by atoms with Gasteiger partial charge < -0.3 is 19.8 Å². The third kappa shape index (κ3) is 69.7. The zero-order valence-corrected chi connectivity index (χ0v) is 59.0. The van der Waals surface area contributed by atoms with Crippen molar-refractivity contribution in [2.45, 2.75) is 386 Å². The second kappa shape index (κ2) is 67.6. The van der Waals surface area contributed by atoms with E-state index in [0.29, 0.717) is 17.4 Å². The Morgan fingerprint density at radius 2 is 0.674 bits per heavy atom. The largest absolute Gasteiger partial charge is 0.472 e. The Morgan fingerprint density at radius 3 is 1.01 bits per heavy atom. The van der Waals surface area contributed by atoms with E-state index in [4.69, 9.17) is 9.05 Å². The number of amides is 1. The Morgan fingerprint density at radius 1 is 0.395 bits per heavy atom. The number of hydrogen-bond acceptors (Lipinski definition) is 5. The van der Waals surface area contributed by atoms with Crippen LogP contribution in [0.1, 0.15) is 373 Å². The highest BCUT2D eigenvalue weighted by molar-refractivity contribution is 7.47. The number of unbranched alkanes of at least 4 members (excludes halogenated alkanes) is 49. The van der Waals surface area contributed by atoms with Gasteiger partial charge in [-0.3, -0.25) is 13.8 Å². The molecule has 0 aromatic carbocycles. The molecule has 9 heteroatoms. The lowest BCUT2D eigenvalue weighted by Gasteiger charge is -2.25. The topological polar surface area (TPSA) is 105 Å². The number of phosphoric acid groups is 1. The highest BCUT2D eigenvalue weighted by atomic mass is 31.2. The van der Waals surface area contributed by atoms with Crippen LogP contribution in [0.25, 0.3) is 0 Å². The van der Waals surface area contributed by atoms with Crippen molar-refractivity contribution in [3.63, 3.8) is 0 Å². The minimum Gasteiger partial charge on any atom is -0.387 e. The number of phosphoric ester groups is 1. The molecular weight excluding hydrogens is 1080 g/mol. The Hall–Kier alpha value is -1.80. The fraction of sp³-hybridized carbons (Fsp3) is 0.857. The molecule has 0 saturated heterocycles. The monoisotopic (exact) mass is 1230 g/mol. The molecule has 506 valence electrons. The van der Waals surface area contributed by atoms with Crippen LogP contribution in [0.5, 0.6) is 0 Å². The van der Waals surface area contributed by atoms with E-state index in [1.54, 1.807) is 6.08 Å². The number of aliphatic hydroxyl groups is 1. The molecule has 0 heterocycles. The minimum atomic E-state index is -4.37. The van der Waals surface area contributed by atoms with Crippen molar-refractivity contribution in [1.29, 1.82) is 0 Å². The van der Waals surface area contributed by atoms with Gasteiger partial charge in [0.1, 0.15) is 13.2 Å². The van der Waals surface area contributed by atoms with Gasteiger partial charge in [-0.15, -0.1) is 0 Å². The highest BCUT2D eigenvalue weighted by Gasteiger charge is 2.28. The number of carbonyl (C=O) groups is 1. The normalized spacial score (nSPS) is 13.9. The number of hydrogen-bond donors (Lipinski definition) is 3. The third-order valence-electron chi connectivity index (χ3n) is 17.2. The number of likely N-dealkylation sites (N-methyl/N-ethyl adjacent to an activating group) is 1. The predicted octanol–water partition coefficient (Wildman–Crippen LogP) is 24.3. The molecule has 0 rings (SSSR count). The molecule has 0 aliphatic heterocycles. The molecule has 0 aliphatic carbocycles. The third-order valence-corrected chi connectivity index (χ3v) is 18.2. The number of carbonyl (C=O) groups excluding carboxylic acids is 1. The maximum atomic E-state index is 13.1. The molecule has 3 N–H and O–H groups in total. The molecule has 1 amide bonds. The van der Waals surface area contributed by atoms with Crippen LogP contribution in [-0.4, -0.2) is 73.4 Å². The molecule has 0 radical (unpaired) electrons. The summed E-state index contributed by atoms with van der Waals surface area (Å²) in [6.45, 7) is 4.84. The summed E-state index contributed by atoms with van der Waals surface area (Å²) in [7, 11) is 1.57. The molecule has 0 fully saturated rings. The number of nitrogens with zero attached hydrogens (tertiary/aromatic N) is 1. The molecule has 8 nitrogen and oxygen atoms in total. The molecule has 0 spiro atoms. The number of rotatable bonds is 70. The van der Waals surface area contributed by atoms with Crippen LogP contribution in [-0.2, 0) is 18.4 Å². The fourth-order valence-electron chi connectivity index (χ4n) is 11.4. The summed E-state index contributed by atoms with van der Waals surface area (Å²) in [6, 6.07) is -0.867. The molecule has 86 heavy (non-hydrogen) atoms. The van der Waals surface area contributed by atoms with E-state index in [-0.39, 0.29) is 19.1 Å². The summed E-state index contributed by atoms with van der Waals surface area (Å²) < 4.78 is 23.8. The first-order valence-corrected chi connectivity index (χ1v) is 39.2. The highest BCUT2D eigenvalue weighted by Crippen LogP contribution is 2.43. The number of allylic oxidation sites excluding steroid dienone is 9. The molecule has 0 aromatic heterocycles. The van der Waals surface area contributed by atoms with Crippen LogP contribution < -0.4 is 5.32 Å². The molecule has 0 bridgehead atoms. The first kappa shape index (κ1) is 84.2. The van der Waals surface area contributed by atoms with Gasteiger partial charge in [-0.05, 0) is 70.6 Å². The van der Waals surface area contributed by atoms with Crippen molar-refractivity contribution >= 4 is 13.7 Å². The summed E-state index contributed by atoms with van der Waals surface area (Å²) in [4.78, 5) is 23.5. The fourth-order valence-corrected chi connectivity index (χ4v) is 12.1. The quantitative estimate of drug-likeness (QED) is 0.0243. The van der Waals surface area contributed by atoms with E-state index < -0.39 is 20.0 Å². The van der Waals surface area contributed by atoms with Crippen molar-refractivity contribution in [1.82, 2.24) is 5.32 Å². The van der Waals surface area contributed by atoms with Gasteiger partial charge in [0.2, 0.25) is 5.91 Å². The van der Waals surface area contributed by atoms with Gasteiger partial charge in [-0.1, -0.05) is 357 Å². The Balaban J connectivity index is 4.04. The standard InChI is InChI=1S/C77H147N2O6P/c1-6-8-10-12-14-16-18-20-22-24-26-28-30-32-34-36-38-39-41-43-45-47-49-51-53-55-57-59-61-63-65-67-69-71-77(81)78-75(74-85-86(82,83)84-73-72-79(3,4)5)76(80)70-68-66-64-62-60-58-56-54-52-50-48-46-44-42-40-37-35-33-31-29-27-25-23-21-19-17-15-13-11-9-7-2/h18,20,24,26,30,32,60,62,68,70,75-76,80H,6-17,19,21-23,25,27-29,31,33-59,61,63-67,69,71-74H2,1-5H3,(H-,78,81,82,83)/p+1/b20-18-,26-24-,32-30-,62-60+,70-68+. The summed E-state index contributed by atoms with van der Waals surface area (Å²) in [5.74, 6) is -0.181. The van der Waals surface area contributed by atoms with Gasteiger partial charge in [0, 0.05) is 6.42 Å². The molecule has 0 aromatic rings. The summed E-state index contributed by atoms with van der Waals surface area (Å²) in [6.07, 6.45) is 94.0. The van der Waals surface area contributed by atoms with E-state index in [1.165, 1.54) is 302 Å². The van der Waals surface area contributed by atoms with Crippen molar-refractivity contribution < 1.29 is 32.9 Å². The maximum absolute atomic E-state index is 13.1. The van der Waals surface area contributed by atoms with E-state index >= 15 is 0 Å². The Kier molecular flexibility index (Phi) is 66.2. The van der Waals surface area contributed by atoms with Crippen molar-refractivity contribution in [2.24, 2.45) is 0 Å². The maximum Gasteiger partial charge on any atom is 0.472 e. The Bertz CT molecular complexity index is 1590. The first-order chi connectivity index (χ1) is 42.0. The average Bonchev–Trinajstić information content (AvgIpc) is 3.70. The van der Waals surface area contributed by atoms with E-state index in [1.807, 2.05) is 27.2 Å². The van der Waals surface area contributed by atoms with Gasteiger partial charge >= 0.3 is 7.82 Å². The van der Waals surface area contributed by atoms with E-state index in [2.05, 4.69) is 67.8 Å². The minimum absolute atomic E-state index is 0.0563. The smallest absolute Gasteiger partial charge is 0.387 e. The Labute approximate surface area is 536 Å². The second-order valence-corrected chi connectivity index (χ2v) is 28.5. The second-order valence-electron chi connectivity index (χ2n) is 27.0. The van der Waals surface area contributed by atoms with Crippen molar-refractivity contribution in [2.75, 3.05) is 40.9 Å². The van der Waals surface area contributed by atoms with Crippen LogP contribution in [0.3, 0.4) is 0 Å². The summed E-state index contributed by atoms with van der Waals surface area (Å²) >= 11 is 0. The molecule has 0 saturated carbocycles. The predicted molar refractivity (Wildman–Crippen MR) is 378 cm³/mol. The lowest BCUT2D eigenvalue weighted by Crippen LogP contribution is -2.45. The van der Waals surface area contributed by atoms with Crippen molar-refractivity contribution in [3.8, 4) is 0 Å². The summed E-state index contributed by atoms with van der Waals surface area (Å²) in [5.41, 5.74) is 0. The van der Waals surface area contributed by atoms with Crippen molar-refractivity contribution in [3.05, 3.63) is 60.8 Å². The van der Waals surface area contributed by atoms with Crippen LogP contribution in [0, 0.1) is 0 Å². The summed E-state index contributed by atoms with van der Waals surface area (Å²) in [5, 5.41) is 14.0. The zero-order valence-electron chi connectivity index (χ0n) is 58.1. The molecular formula is C77H148N2O6P+. The molecule has 3 atom stereocenters. The van der Waals surface area contributed by atoms with Crippen LogP contribution in [0.4, 0.5) is 0 Å². The van der Waals surface area contributed by atoms with Crippen LogP contribution in [0.2, 0.25) is 0 Å². The van der Waals surface area contributed by atoms with Gasteiger partial charge in [-0.25, -0.2) is 4.57 Å². The molecule has 0 aliphatic rings. The van der Waals surface area contributed by atoms with Gasteiger partial charge in [-0.2, -0.15) is 0 Å². The first-order valence-electron chi connectivity index (χ1n) is 37.7. The van der Waals surface area contributed by atoms with E-state index in [9.17, 15) is 19.4 Å². The lowest BCUT2D eigenvalue weighted by molar-refractivity contribution is -0.870. The van der Waals surface area contributed by atoms with Crippen LogP contribution in [0.15, 0.2) is 60.8 Å². The number of aliphatic hydroxyl groups excluding tert-OH is 1. The zero-order chi connectivity index (χ0) is 62.6. The lowest BCUT2D eigenvalue weighted by atomic mass is 10.0.